The Labute approximate surface area is 142 Å². The number of carbonyl (C=O) groups is 1. The normalized spacial score (nSPS) is 13.3. The highest BCUT2D eigenvalue weighted by atomic mass is 16.6. The van der Waals surface area contributed by atoms with Gasteiger partial charge in [0.05, 0.1) is 0 Å². The van der Waals surface area contributed by atoms with Crippen molar-refractivity contribution in [3.05, 3.63) is 65.9 Å². The Hall–Kier alpha value is -2.75. The van der Waals surface area contributed by atoms with Gasteiger partial charge in [0.1, 0.15) is 13.2 Å². The Morgan fingerprint density at radius 1 is 1.04 bits per heavy atom. The molecule has 4 heteroatoms. The number of allylic oxidation sites excluding steroid dienone is 1. The second kappa shape index (κ2) is 7.21. The second-order valence-electron chi connectivity index (χ2n) is 5.98. The highest BCUT2D eigenvalue weighted by molar-refractivity contribution is 6.04. The molecule has 0 bridgehead atoms. The summed E-state index contributed by atoms with van der Waals surface area (Å²) in [7, 11) is 0. The molecule has 2 aromatic rings. The Bertz CT molecular complexity index is 748. The zero-order chi connectivity index (χ0) is 16.9. The third kappa shape index (κ3) is 3.77. The number of ether oxygens (including phenoxy) is 2. The lowest BCUT2D eigenvalue weighted by Gasteiger charge is -2.18. The van der Waals surface area contributed by atoms with Crippen LogP contribution >= 0.6 is 0 Å². The van der Waals surface area contributed by atoms with Crippen LogP contribution in [0.5, 0.6) is 11.5 Å². The molecule has 2 aromatic carbocycles. The number of ketones is 1. The summed E-state index contributed by atoms with van der Waals surface area (Å²) in [5.41, 5.74) is 2.75. The molecule has 1 N–H and O–H groups in total. The fraction of sp³-hybridized carbons (Fsp3) is 0.250. The van der Waals surface area contributed by atoms with Crippen LogP contribution in [0.25, 0.3) is 0 Å². The number of nitrogens with one attached hydrogen (secondary N) is 1. The SMILES string of the molecule is CC(C)c1ccc(C(=O)/C=C/Nc2ccc3c(c2)OCCO3)cc1. The molecule has 0 radical (unpaired) electrons. The van der Waals surface area contributed by atoms with E-state index in [1.807, 2.05) is 42.5 Å². The molecule has 0 atom stereocenters. The van der Waals surface area contributed by atoms with Gasteiger partial charge in [-0.15, -0.1) is 0 Å². The fourth-order valence-corrected chi connectivity index (χ4v) is 2.48. The first kappa shape index (κ1) is 16.1. The van der Waals surface area contributed by atoms with E-state index in [2.05, 4.69) is 19.2 Å². The minimum absolute atomic E-state index is 0.0321. The summed E-state index contributed by atoms with van der Waals surface area (Å²) in [6, 6.07) is 13.3. The van der Waals surface area contributed by atoms with Gasteiger partial charge >= 0.3 is 0 Å². The van der Waals surface area contributed by atoms with Crippen molar-refractivity contribution in [3.63, 3.8) is 0 Å². The van der Waals surface area contributed by atoms with Crippen LogP contribution in [0.15, 0.2) is 54.7 Å². The minimum Gasteiger partial charge on any atom is -0.486 e. The molecule has 0 saturated heterocycles. The number of rotatable bonds is 5. The molecule has 24 heavy (non-hydrogen) atoms. The van der Waals surface area contributed by atoms with Gasteiger partial charge in [0, 0.05) is 29.6 Å². The third-order valence-electron chi connectivity index (χ3n) is 3.89. The Balaban J connectivity index is 1.62. The van der Waals surface area contributed by atoms with E-state index in [-0.39, 0.29) is 5.78 Å². The van der Waals surface area contributed by atoms with Crippen LogP contribution in [0.2, 0.25) is 0 Å². The van der Waals surface area contributed by atoms with Gasteiger partial charge in [0.25, 0.3) is 0 Å². The molecule has 0 fully saturated rings. The predicted molar refractivity (Wildman–Crippen MR) is 95.1 cm³/mol. The zero-order valence-corrected chi connectivity index (χ0v) is 13.9. The van der Waals surface area contributed by atoms with E-state index in [4.69, 9.17) is 9.47 Å². The number of fused-ring (bicyclic) bond motifs is 1. The van der Waals surface area contributed by atoms with E-state index in [0.717, 1.165) is 17.2 Å². The zero-order valence-electron chi connectivity index (χ0n) is 13.9. The number of benzene rings is 2. The summed E-state index contributed by atoms with van der Waals surface area (Å²) >= 11 is 0. The maximum absolute atomic E-state index is 12.2. The first-order chi connectivity index (χ1) is 11.6. The van der Waals surface area contributed by atoms with Crippen LogP contribution < -0.4 is 14.8 Å². The van der Waals surface area contributed by atoms with Crippen LogP contribution in [-0.4, -0.2) is 19.0 Å². The smallest absolute Gasteiger partial charge is 0.187 e. The molecular weight excluding hydrogens is 302 g/mol. The van der Waals surface area contributed by atoms with Crippen LogP contribution in [0.3, 0.4) is 0 Å². The predicted octanol–water partition coefficient (Wildman–Crippen LogP) is 4.39. The molecule has 0 saturated carbocycles. The summed E-state index contributed by atoms with van der Waals surface area (Å²) < 4.78 is 11.0. The molecule has 0 spiro atoms. The van der Waals surface area contributed by atoms with Crippen molar-refractivity contribution in [2.75, 3.05) is 18.5 Å². The standard InChI is InChI=1S/C20H21NO3/c1-14(2)15-3-5-16(6-4-15)18(22)9-10-21-17-7-8-19-20(13-17)24-12-11-23-19/h3-10,13-14,21H,11-12H2,1-2H3/b10-9+. The molecule has 1 aliphatic heterocycles. The largest absolute Gasteiger partial charge is 0.486 e. The van der Waals surface area contributed by atoms with E-state index in [1.54, 1.807) is 6.20 Å². The van der Waals surface area contributed by atoms with Crippen molar-refractivity contribution in [3.8, 4) is 11.5 Å². The lowest BCUT2D eigenvalue weighted by atomic mass is 10.0. The molecule has 124 valence electrons. The molecule has 0 amide bonds. The molecule has 1 aliphatic rings. The molecule has 1 heterocycles. The van der Waals surface area contributed by atoms with Gasteiger partial charge in [-0.2, -0.15) is 0 Å². The van der Waals surface area contributed by atoms with Crippen molar-refractivity contribution in [2.45, 2.75) is 19.8 Å². The molecule has 0 aromatic heterocycles. The van der Waals surface area contributed by atoms with Crippen molar-refractivity contribution >= 4 is 11.5 Å². The van der Waals surface area contributed by atoms with E-state index in [9.17, 15) is 4.79 Å². The first-order valence-electron chi connectivity index (χ1n) is 8.10. The van der Waals surface area contributed by atoms with E-state index < -0.39 is 0 Å². The van der Waals surface area contributed by atoms with Gasteiger partial charge in [0.15, 0.2) is 17.3 Å². The highest BCUT2D eigenvalue weighted by Gasteiger charge is 2.11. The molecule has 0 unspecified atom stereocenters. The molecule has 4 nitrogen and oxygen atoms in total. The molecule has 3 rings (SSSR count). The van der Waals surface area contributed by atoms with E-state index >= 15 is 0 Å². The summed E-state index contributed by atoms with van der Waals surface area (Å²) in [5.74, 6) is 1.89. The molecule has 0 aliphatic carbocycles. The number of hydrogen-bond acceptors (Lipinski definition) is 4. The Morgan fingerprint density at radius 2 is 1.75 bits per heavy atom. The van der Waals surface area contributed by atoms with E-state index in [0.29, 0.717) is 24.7 Å². The first-order valence-corrected chi connectivity index (χ1v) is 8.10. The average Bonchev–Trinajstić information content (AvgIpc) is 2.61. The Morgan fingerprint density at radius 3 is 2.46 bits per heavy atom. The van der Waals surface area contributed by atoms with Crippen molar-refractivity contribution in [1.82, 2.24) is 0 Å². The topological polar surface area (TPSA) is 47.6 Å². The lowest BCUT2D eigenvalue weighted by Crippen LogP contribution is -2.15. The minimum atomic E-state index is -0.0321. The van der Waals surface area contributed by atoms with E-state index in [1.165, 1.54) is 11.6 Å². The maximum Gasteiger partial charge on any atom is 0.187 e. The molecular formula is C20H21NO3. The Kier molecular flexibility index (Phi) is 4.85. The number of hydrogen-bond donors (Lipinski definition) is 1. The monoisotopic (exact) mass is 323 g/mol. The quantitative estimate of drug-likeness (QED) is 0.655. The summed E-state index contributed by atoms with van der Waals surface area (Å²) in [6.45, 7) is 5.39. The summed E-state index contributed by atoms with van der Waals surface area (Å²) in [4.78, 5) is 12.2. The fourth-order valence-electron chi connectivity index (χ4n) is 2.48. The van der Waals surface area contributed by atoms with Crippen molar-refractivity contribution < 1.29 is 14.3 Å². The van der Waals surface area contributed by atoms with Crippen LogP contribution in [0, 0.1) is 0 Å². The maximum atomic E-state index is 12.2. The van der Waals surface area contributed by atoms with Gasteiger partial charge in [-0.3, -0.25) is 4.79 Å². The third-order valence-corrected chi connectivity index (χ3v) is 3.89. The average molecular weight is 323 g/mol. The summed E-state index contributed by atoms with van der Waals surface area (Å²) in [5, 5.41) is 3.09. The van der Waals surface area contributed by atoms with Gasteiger partial charge in [-0.05, 0) is 23.6 Å². The van der Waals surface area contributed by atoms with Crippen molar-refractivity contribution in [1.29, 1.82) is 0 Å². The number of carbonyl (C=O) groups excluding carboxylic acids is 1. The highest BCUT2D eigenvalue weighted by Crippen LogP contribution is 2.32. The lowest BCUT2D eigenvalue weighted by molar-refractivity contribution is 0.104. The number of anilines is 1. The van der Waals surface area contributed by atoms with Crippen molar-refractivity contribution in [2.24, 2.45) is 0 Å². The van der Waals surface area contributed by atoms with Gasteiger partial charge < -0.3 is 14.8 Å². The van der Waals surface area contributed by atoms with Crippen LogP contribution in [0.1, 0.15) is 35.7 Å². The summed E-state index contributed by atoms with van der Waals surface area (Å²) in [6.07, 6.45) is 3.17. The van der Waals surface area contributed by atoms with Gasteiger partial charge in [-0.25, -0.2) is 0 Å². The van der Waals surface area contributed by atoms with Gasteiger partial charge in [-0.1, -0.05) is 38.1 Å². The van der Waals surface area contributed by atoms with Crippen LogP contribution in [0.4, 0.5) is 5.69 Å². The van der Waals surface area contributed by atoms with Gasteiger partial charge in [0.2, 0.25) is 0 Å². The second-order valence-corrected chi connectivity index (χ2v) is 5.98. The van der Waals surface area contributed by atoms with Crippen LogP contribution in [-0.2, 0) is 0 Å².